The Balaban J connectivity index is 1.50. The van der Waals surface area contributed by atoms with Gasteiger partial charge in [-0.05, 0) is 35.9 Å². The zero-order valence-corrected chi connectivity index (χ0v) is 16.7. The summed E-state index contributed by atoms with van der Waals surface area (Å²) in [5, 5.41) is 0. The number of allylic oxidation sites excluding steroid dienone is 1. The predicted molar refractivity (Wildman–Crippen MR) is 114 cm³/mol. The second-order valence-corrected chi connectivity index (χ2v) is 6.75. The third kappa shape index (κ3) is 4.23. The first kappa shape index (κ1) is 20.1. The first-order valence-electron chi connectivity index (χ1n) is 9.53. The van der Waals surface area contributed by atoms with Crippen molar-refractivity contribution in [2.75, 3.05) is 13.7 Å². The number of rotatable bonds is 6. The van der Waals surface area contributed by atoms with Crippen molar-refractivity contribution in [3.8, 4) is 17.2 Å². The first-order valence-corrected chi connectivity index (χ1v) is 9.53. The fraction of sp³-hybridized carbons (Fsp3) is 0.0800. The molecule has 1 aliphatic carbocycles. The number of benzene rings is 3. The molecule has 0 fully saturated rings. The van der Waals surface area contributed by atoms with Gasteiger partial charge in [0.25, 0.3) is 0 Å². The van der Waals surface area contributed by atoms with Gasteiger partial charge in [-0.15, -0.1) is 0 Å². The number of Topliss-reactive ketones (excluding diaryl/α,β-unsaturated/α-hetero) is 2. The molecule has 0 N–H and O–H groups in total. The number of esters is 1. The molecule has 0 aromatic heterocycles. The maximum Gasteiger partial charge on any atom is 0.349 e. The van der Waals surface area contributed by atoms with Crippen LogP contribution in [0.4, 0.5) is 0 Å². The largest absolute Gasteiger partial charge is 0.493 e. The maximum absolute atomic E-state index is 12.6. The minimum atomic E-state index is -0.593. The van der Waals surface area contributed by atoms with Gasteiger partial charge < -0.3 is 14.2 Å². The van der Waals surface area contributed by atoms with Gasteiger partial charge in [-0.25, -0.2) is 4.79 Å². The zero-order valence-electron chi connectivity index (χ0n) is 16.7. The van der Waals surface area contributed by atoms with Crippen molar-refractivity contribution in [3.05, 3.63) is 95.1 Å². The number of ether oxygens (including phenoxy) is 3. The van der Waals surface area contributed by atoms with Crippen LogP contribution in [0, 0.1) is 0 Å². The van der Waals surface area contributed by atoms with E-state index in [-0.39, 0.29) is 35.2 Å². The van der Waals surface area contributed by atoms with Crippen molar-refractivity contribution in [3.63, 3.8) is 0 Å². The topological polar surface area (TPSA) is 78.9 Å². The van der Waals surface area contributed by atoms with E-state index >= 15 is 0 Å². The van der Waals surface area contributed by atoms with Crippen LogP contribution >= 0.6 is 0 Å². The lowest BCUT2D eigenvalue weighted by molar-refractivity contribution is -0.136. The van der Waals surface area contributed by atoms with E-state index < -0.39 is 5.97 Å². The molecule has 0 saturated heterocycles. The highest BCUT2D eigenvalue weighted by Crippen LogP contribution is 2.32. The molecule has 3 aromatic carbocycles. The van der Waals surface area contributed by atoms with Gasteiger partial charge in [0, 0.05) is 11.1 Å². The average Bonchev–Trinajstić information content (AvgIpc) is 3.04. The fourth-order valence-corrected chi connectivity index (χ4v) is 3.24. The molecule has 0 radical (unpaired) electrons. The van der Waals surface area contributed by atoms with E-state index in [1.54, 1.807) is 66.7 Å². The van der Waals surface area contributed by atoms with Crippen LogP contribution in [-0.4, -0.2) is 31.3 Å². The van der Waals surface area contributed by atoms with Gasteiger partial charge in [-0.3, -0.25) is 9.59 Å². The van der Waals surface area contributed by atoms with Crippen molar-refractivity contribution in [2.45, 2.75) is 0 Å². The van der Waals surface area contributed by atoms with Crippen molar-refractivity contribution < 1.29 is 28.6 Å². The standard InChI is InChI=1S/C25H18O6/c1-29-22-14-16(13-20-24(27)18-9-5-6-10-19(18)25(20)28)11-12-21(22)31-23(26)15-30-17-7-3-2-4-8-17/h2-14H,15H2,1H3. The number of carbonyl (C=O) groups is 3. The third-order valence-electron chi connectivity index (χ3n) is 4.73. The monoisotopic (exact) mass is 414 g/mol. The van der Waals surface area contributed by atoms with Crippen molar-refractivity contribution >= 4 is 23.6 Å². The summed E-state index contributed by atoms with van der Waals surface area (Å²) in [6, 6.07) is 20.4. The molecule has 1 aliphatic rings. The molecule has 3 aromatic rings. The van der Waals surface area contributed by atoms with Crippen LogP contribution in [-0.2, 0) is 4.79 Å². The van der Waals surface area contributed by atoms with E-state index in [1.807, 2.05) is 6.07 Å². The van der Waals surface area contributed by atoms with E-state index in [0.717, 1.165) is 0 Å². The second kappa shape index (κ2) is 8.67. The third-order valence-corrected chi connectivity index (χ3v) is 4.73. The molecular formula is C25H18O6. The molecule has 0 amide bonds. The predicted octanol–water partition coefficient (Wildman–Crippen LogP) is 4.14. The van der Waals surface area contributed by atoms with Crippen LogP contribution in [0.25, 0.3) is 6.08 Å². The summed E-state index contributed by atoms with van der Waals surface area (Å²) in [6.07, 6.45) is 1.51. The Labute approximate surface area is 178 Å². The van der Waals surface area contributed by atoms with Gasteiger partial charge in [0.15, 0.2) is 29.7 Å². The smallest absolute Gasteiger partial charge is 0.349 e. The van der Waals surface area contributed by atoms with Crippen LogP contribution in [0.1, 0.15) is 26.3 Å². The molecule has 31 heavy (non-hydrogen) atoms. The van der Waals surface area contributed by atoms with E-state index in [2.05, 4.69) is 0 Å². The highest BCUT2D eigenvalue weighted by Gasteiger charge is 2.32. The molecule has 0 unspecified atom stereocenters. The van der Waals surface area contributed by atoms with Gasteiger partial charge in [0.1, 0.15) is 5.75 Å². The van der Waals surface area contributed by atoms with Crippen LogP contribution < -0.4 is 14.2 Å². The van der Waals surface area contributed by atoms with Gasteiger partial charge in [0.05, 0.1) is 12.7 Å². The Morgan fingerprint density at radius 2 is 1.48 bits per heavy atom. The number of methoxy groups -OCH3 is 1. The van der Waals surface area contributed by atoms with E-state index in [0.29, 0.717) is 22.4 Å². The Hall–Kier alpha value is -4.19. The number of hydrogen-bond donors (Lipinski definition) is 0. The summed E-state index contributed by atoms with van der Waals surface area (Å²) in [5.41, 5.74) is 1.45. The van der Waals surface area contributed by atoms with Crippen molar-refractivity contribution in [1.82, 2.24) is 0 Å². The summed E-state index contributed by atoms with van der Waals surface area (Å²) in [5.74, 6) is -0.164. The molecule has 4 rings (SSSR count). The van der Waals surface area contributed by atoms with Gasteiger partial charge >= 0.3 is 5.97 Å². The second-order valence-electron chi connectivity index (χ2n) is 6.75. The molecule has 6 nitrogen and oxygen atoms in total. The summed E-state index contributed by atoms with van der Waals surface area (Å²) in [6.45, 7) is -0.264. The first-order chi connectivity index (χ1) is 15.1. The normalized spacial score (nSPS) is 12.4. The Kier molecular flexibility index (Phi) is 5.62. The molecule has 0 aliphatic heterocycles. The van der Waals surface area contributed by atoms with Crippen LogP contribution in [0.15, 0.2) is 78.4 Å². The Morgan fingerprint density at radius 3 is 2.13 bits per heavy atom. The summed E-state index contributed by atoms with van der Waals surface area (Å²) < 4.78 is 16.0. The van der Waals surface area contributed by atoms with Gasteiger partial charge in [-0.1, -0.05) is 48.5 Å². The number of para-hydroxylation sites is 1. The minimum Gasteiger partial charge on any atom is -0.493 e. The van der Waals surface area contributed by atoms with E-state index in [1.165, 1.54) is 13.2 Å². The number of fused-ring (bicyclic) bond motifs is 1. The van der Waals surface area contributed by atoms with Gasteiger partial charge in [-0.2, -0.15) is 0 Å². The molecular weight excluding hydrogens is 396 g/mol. The highest BCUT2D eigenvalue weighted by atomic mass is 16.6. The minimum absolute atomic E-state index is 0.0873. The molecule has 0 heterocycles. The number of ketones is 2. The van der Waals surface area contributed by atoms with E-state index in [9.17, 15) is 14.4 Å². The quantitative estimate of drug-likeness (QED) is 0.261. The molecule has 0 saturated carbocycles. The SMILES string of the molecule is COc1cc(C=C2C(=O)c3ccccc3C2=O)ccc1OC(=O)COc1ccccc1. The van der Waals surface area contributed by atoms with Crippen LogP contribution in [0.2, 0.25) is 0 Å². The lowest BCUT2D eigenvalue weighted by atomic mass is 10.1. The molecule has 0 spiro atoms. The van der Waals surface area contributed by atoms with Crippen molar-refractivity contribution in [1.29, 1.82) is 0 Å². The van der Waals surface area contributed by atoms with Crippen molar-refractivity contribution in [2.24, 2.45) is 0 Å². The lowest BCUT2D eigenvalue weighted by Crippen LogP contribution is -2.18. The Bertz CT molecular complexity index is 1160. The van der Waals surface area contributed by atoms with Crippen LogP contribution in [0.3, 0.4) is 0 Å². The summed E-state index contributed by atoms with van der Waals surface area (Å²) in [4.78, 5) is 37.3. The fourth-order valence-electron chi connectivity index (χ4n) is 3.24. The highest BCUT2D eigenvalue weighted by molar-refractivity contribution is 6.41. The maximum atomic E-state index is 12.6. The molecule has 6 heteroatoms. The summed E-state index contributed by atoms with van der Waals surface area (Å²) in [7, 11) is 1.44. The average molecular weight is 414 g/mol. The number of hydrogen-bond acceptors (Lipinski definition) is 6. The molecule has 0 bridgehead atoms. The summed E-state index contributed by atoms with van der Waals surface area (Å²) >= 11 is 0. The van der Waals surface area contributed by atoms with Crippen LogP contribution in [0.5, 0.6) is 17.2 Å². The van der Waals surface area contributed by atoms with Gasteiger partial charge in [0.2, 0.25) is 0 Å². The Morgan fingerprint density at radius 1 is 0.839 bits per heavy atom. The molecule has 154 valence electrons. The lowest BCUT2D eigenvalue weighted by Gasteiger charge is -2.11. The zero-order chi connectivity index (χ0) is 21.8. The number of carbonyl (C=O) groups excluding carboxylic acids is 3. The van der Waals surface area contributed by atoms with E-state index in [4.69, 9.17) is 14.2 Å². The molecule has 0 atom stereocenters.